The SMILES string of the molecule is CS(=O)(=O)c1ccccc1-c1ccc(N2CCCC(NC(=O)Nc3ccc(Cl)c(F)c3)C2=O)c(F)c1. The molecule has 7 nitrogen and oxygen atoms in total. The fourth-order valence-corrected chi connectivity index (χ4v) is 5.10. The summed E-state index contributed by atoms with van der Waals surface area (Å²) in [5.74, 6) is -1.90. The van der Waals surface area contributed by atoms with Gasteiger partial charge in [-0.25, -0.2) is 22.0 Å². The van der Waals surface area contributed by atoms with Crippen molar-refractivity contribution in [3.05, 3.63) is 77.3 Å². The summed E-state index contributed by atoms with van der Waals surface area (Å²) < 4.78 is 53.1. The van der Waals surface area contributed by atoms with Gasteiger partial charge >= 0.3 is 6.03 Å². The summed E-state index contributed by atoms with van der Waals surface area (Å²) in [5, 5.41) is 4.90. The lowest BCUT2D eigenvalue weighted by molar-refractivity contribution is -0.121. The molecule has 1 aliphatic heterocycles. The topological polar surface area (TPSA) is 95.6 Å². The highest BCUT2D eigenvalue weighted by Gasteiger charge is 2.32. The molecule has 1 heterocycles. The molecular formula is C25H22ClF2N3O4S. The molecule has 1 unspecified atom stereocenters. The third-order valence-corrected chi connectivity index (χ3v) is 7.22. The van der Waals surface area contributed by atoms with Crippen molar-refractivity contribution in [2.45, 2.75) is 23.8 Å². The molecule has 36 heavy (non-hydrogen) atoms. The van der Waals surface area contributed by atoms with Crippen LogP contribution >= 0.6 is 11.6 Å². The largest absolute Gasteiger partial charge is 0.326 e. The fourth-order valence-electron chi connectivity index (χ4n) is 4.07. The van der Waals surface area contributed by atoms with Crippen LogP contribution in [0.15, 0.2) is 65.6 Å². The normalized spacial score (nSPS) is 16.1. The Kier molecular flexibility index (Phi) is 7.28. The first-order chi connectivity index (χ1) is 17.0. The summed E-state index contributed by atoms with van der Waals surface area (Å²) in [6.07, 6.45) is 1.93. The molecule has 188 valence electrons. The molecule has 3 aromatic carbocycles. The van der Waals surface area contributed by atoms with Gasteiger partial charge in [0, 0.05) is 24.1 Å². The first-order valence-electron chi connectivity index (χ1n) is 11.0. The van der Waals surface area contributed by atoms with Gasteiger partial charge in [-0.05, 0) is 54.8 Å². The standard InChI is InChI=1S/C25H22ClF2N3O4S/c1-36(34,35)23-7-3-2-5-17(23)15-8-11-22(20(28)13-15)31-12-4-6-21(24(31)32)30-25(33)29-16-9-10-18(26)19(27)14-16/h2-3,5,7-11,13-14,21H,4,6,12H2,1H3,(H2,29,30,33). The van der Waals surface area contributed by atoms with Crippen LogP contribution in [0.1, 0.15) is 12.8 Å². The van der Waals surface area contributed by atoms with Crippen molar-refractivity contribution < 1.29 is 26.8 Å². The van der Waals surface area contributed by atoms with Crippen molar-refractivity contribution in [1.82, 2.24) is 5.32 Å². The van der Waals surface area contributed by atoms with Gasteiger partial charge in [0.25, 0.3) is 0 Å². The third-order valence-electron chi connectivity index (χ3n) is 5.76. The Morgan fingerprint density at radius 2 is 1.81 bits per heavy atom. The summed E-state index contributed by atoms with van der Waals surface area (Å²) in [5.41, 5.74) is 0.883. The summed E-state index contributed by atoms with van der Waals surface area (Å²) in [7, 11) is -3.54. The van der Waals surface area contributed by atoms with Crippen molar-refractivity contribution in [3.8, 4) is 11.1 Å². The van der Waals surface area contributed by atoms with Gasteiger partial charge in [0.2, 0.25) is 5.91 Å². The number of benzene rings is 3. The number of carbonyl (C=O) groups excluding carboxylic acids is 2. The number of piperidine rings is 1. The average Bonchev–Trinajstić information content (AvgIpc) is 2.82. The van der Waals surface area contributed by atoms with Gasteiger partial charge in [0.1, 0.15) is 17.7 Å². The Morgan fingerprint density at radius 1 is 1.06 bits per heavy atom. The van der Waals surface area contributed by atoms with Crippen LogP contribution in [0.25, 0.3) is 11.1 Å². The minimum Gasteiger partial charge on any atom is -0.326 e. The molecule has 0 bridgehead atoms. The Balaban J connectivity index is 1.51. The molecule has 0 radical (unpaired) electrons. The number of rotatable bonds is 5. The maximum atomic E-state index is 15.2. The van der Waals surface area contributed by atoms with E-state index in [-0.39, 0.29) is 27.8 Å². The predicted octanol–water partition coefficient (Wildman–Crippen LogP) is 5.01. The van der Waals surface area contributed by atoms with E-state index in [9.17, 15) is 22.4 Å². The second kappa shape index (κ2) is 10.2. The highest BCUT2D eigenvalue weighted by molar-refractivity contribution is 7.90. The molecule has 1 fully saturated rings. The Hall–Kier alpha value is -3.50. The third kappa shape index (κ3) is 5.50. The minimum absolute atomic E-state index is 0.0206. The zero-order valence-corrected chi connectivity index (χ0v) is 20.7. The number of carbonyl (C=O) groups is 2. The highest BCUT2D eigenvalue weighted by Crippen LogP contribution is 2.32. The van der Waals surface area contributed by atoms with E-state index in [0.29, 0.717) is 24.0 Å². The number of anilines is 2. The monoisotopic (exact) mass is 533 g/mol. The molecule has 0 aromatic heterocycles. The number of hydrogen-bond donors (Lipinski definition) is 2. The predicted molar refractivity (Wildman–Crippen MR) is 134 cm³/mol. The second-order valence-electron chi connectivity index (χ2n) is 8.35. The smallest absolute Gasteiger partial charge is 0.319 e. The molecule has 1 aliphatic rings. The molecule has 1 atom stereocenters. The molecule has 0 spiro atoms. The van der Waals surface area contributed by atoms with E-state index in [1.807, 2.05) is 0 Å². The van der Waals surface area contributed by atoms with Crippen LogP contribution in [0.3, 0.4) is 0 Å². The summed E-state index contributed by atoms with van der Waals surface area (Å²) >= 11 is 5.64. The quantitative estimate of drug-likeness (QED) is 0.482. The molecule has 1 saturated heterocycles. The van der Waals surface area contributed by atoms with E-state index in [0.717, 1.165) is 12.3 Å². The van der Waals surface area contributed by atoms with E-state index >= 15 is 4.39 Å². The summed E-state index contributed by atoms with van der Waals surface area (Å²) in [6.45, 7) is 0.247. The molecule has 0 saturated carbocycles. The van der Waals surface area contributed by atoms with Crippen LogP contribution in [-0.4, -0.2) is 39.2 Å². The van der Waals surface area contributed by atoms with E-state index in [2.05, 4.69) is 10.6 Å². The molecular weight excluding hydrogens is 512 g/mol. The van der Waals surface area contributed by atoms with Gasteiger partial charge in [-0.1, -0.05) is 35.9 Å². The number of amides is 3. The van der Waals surface area contributed by atoms with E-state index < -0.39 is 39.5 Å². The van der Waals surface area contributed by atoms with E-state index in [4.69, 9.17) is 11.6 Å². The summed E-state index contributed by atoms with van der Waals surface area (Å²) in [4.78, 5) is 26.8. The zero-order chi connectivity index (χ0) is 26.0. The first-order valence-corrected chi connectivity index (χ1v) is 13.2. The zero-order valence-electron chi connectivity index (χ0n) is 19.1. The van der Waals surface area contributed by atoms with Crippen molar-refractivity contribution >= 4 is 44.8 Å². The summed E-state index contributed by atoms with van der Waals surface area (Å²) in [6, 6.07) is 12.6. The lowest BCUT2D eigenvalue weighted by Gasteiger charge is -2.33. The van der Waals surface area contributed by atoms with E-state index in [1.54, 1.807) is 24.3 Å². The van der Waals surface area contributed by atoms with Crippen LogP contribution < -0.4 is 15.5 Å². The number of hydrogen-bond acceptors (Lipinski definition) is 4. The maximum Gasteiger partial charge on any atom is 0.319 e. The molecule has 2 N–H and O–H groups in total. The first kappa shape index (κ1) is 25.6. The molecule has 11 heteroatoms. The van der Waals surface area contributed by atoms with Gasteiger partial charge in [0.05, 0.1) is 15.6 Å². The van der Waals surface area contributed by atoms with Crippen LogP contribution in [0.5, 0.6) is 0 Å². The van der Waals surface area contributed by atoms with Crippen LogP contribution in [0, 0.1) is 11.6 Å². The second-order valence-corrected chi connectivity index (χ2v) is 10.7. The van der Waals surface area contributed by atoms with Crippen molar-refractivity contribution in [2.75, 3.05) is 23.0 Å². The number of urea groups is 1. The van der Waals surface area contributed by atoms with Crippen LogP contribution in [0.4, 0.5) is 25.0 Å². The van der Waals surface area contributed by atoms with Crippen molar-refractivity contribution in [3.63, 3.8) is 0 Å². The lowest BCUT2D eigenvalue weighted by Crippen LogP contribution is -2.53. The molecule has 4 rings (SSSR count). The lowest BCUT2D eigenvalue weighted by atomic mass is 10.0. The fraction of sp³-hybridized carbons (Fsp3) is 0.200. The van der Waals surface area contributed by atoms with Gasteiger partial charge in [0.15, 0.2) is 9.84 Å². The average molecular weight is 534 g/mol. The molecule has 3 aromatic rings. The highest BCUT2D eigenvalue weighted by atomic mass is 35.5. The minimum atomic E-state index is -3.54. The Bertz CT molecular complexity index is 1450. The number of halogens is 3. The van der Waals surface area contributed by atoms with Gasteiger partial charge < -0.3 is 15.5 Å². The molecule has 3 amide bonds. The van der Waals surface area contributed by atoms with Gasteiger partial charge in [-0.15, -0.1) is 0 Å². The molecule has 0 aliphatic carbocycles. The van der Waals surface area contributed by atoms with Crippen molar-refractivity contribution in [2.24, 2.45) is 0 Å². The number of sulfone groups is 1. The number of nitrogens with zero attached hydrogens (tertiary/aromatic N) is 1. The number of nitrogens with one attached hydrogen (secondary N) is 2. The van der Waals surface area contributed by atoms with Crippen molar-refractivity contribution in [1.29, 1.82) is 0 Å². The maximum absolute atomic E-state index is 15.2. The van der Waals surface area contributed by atoms with Crippen LogP contribution in [0.2, 0.25) is 5.02 Å². The van der Waals surface area contributed by atoms with Crippen LogP contribution in [-0.2, 0) is 14.6 Å². The Labute approximate surface area is 212 Å². The van der Waals surface area contributed by atoms with Gasteiger partial charge in [-0.2, -0.15) is 0 Å². The van der Waals surface area contributed by atoms with E-state index in [1.165, 1.54) is 35.2 Å². The Morgan fingerprint density at radius 3 is 2.50 bits per heavy atom. The van der Waals surface area contributed by atoms with Gasteiger partial charge in [-0.3, -0.25) is 4.79 Å².